The Morgan fingerprint density at radius 3 is 2.69 bits per heavy atom. The predicted molar refractivity (Wildman–Crippen MR) is 105 cm³/mol. The van der Waals surface area contributed by atoms with Crippen molar-refractivity contribution in [1.29, 1.82) is 0 Å². The third kappa shape index (κ3) is 4.21. The third-order valence-electron chi connectivity index (χ3n) is 5.23. The van der Waals surface area contributed by atoms with Crippen LogP contribution in [0, 0.1) is 0 Å². The zero-order valence-corrected chi connectivity index (χ0v) is 16.7. The second-order valence-corrected chi connectivity index (χ2v) is 7.38. The number of fused-ring (bicyclic) bond motifs is 1. The average Bonchev–Trinajstić information content (AvgIpc) is 3.33. The van der Waals surface area contributed by atoms with Gasteiger partial charge in [-0.05, 0) is 37.6 Å². The highest BCUT2D eigenvalue weighted by Gasteiger charge is 2.26. The van der Waals surface area contributed by atoms with Crippen LogP contribution in [0.3, 0.4) is 0 Å². The van der Waals surface area contributed by atoms with Crippen molar-refractivity contribution >= 4 is 12.0 Å². The lowest BCUT2D eigenvalue weighted by atomic mass is 10.1. The third-order valence-corrected chi connectivity index (χ3v) is 5.23. The van der Waals surface area contributed by atoms with E-state index in [1.54, 1.807) is 16.7 Å². The topological polar surface area (TPSA) is 85.1 Å². The van der Waals surface area contributed by atoms with Gasteiger partial charge in [-0.15, -0.1) is 0 Å². The highest BCUT2D eigenvalue weighted by Crippen LogP contribution is 2.33. The van der Waals surface area contributed by atoms with E-state index in [9.17, 15) is 9.59 Å². The Kier molecular flexibility index (Phi) is 5.42. The molecule has 2 aliphatic rings. The average molecular weight is 399 g/mol. The molecule has 0 radical (unpaired) electrons. The summed E-state index contributed by atoms with van der Waals surface area (Å²) in [4.78, 5) is 27.7. The summed E-state index contributed by atoms with van der Waals surface area (Å²) < 4.78 is 16.2. The molecule has 2 aliphatic heterocycles. The minimum atomic E-state index is -0.324. The minimum absolute atomic E-state index is 0.0236. The Bertz CT molecular complexity index is 901. The van der Waals surface area contributed by atoms with Crippen LogP contribution in [0.5, 0.6) is 5.75 Å². The number of ether oxygens (including phenoxy) is 2. The summed E-state index contributed by atoms with van der Waals surface area (Å²) in [5.74, 6) is 1.53. The standard InChI is InChI=1S/C21H25N3O5/c1-3-27-21(26)24-8-6-23(7-9-24)20(25)13-17-12-19(29-22-17)15-4-5-18-16(11-15)10-14(2)28-18/h4-5,11-12,14H,3,6-10,13H2,1-2H3/t14-/m1/s1. The smallest absolute Gasteiger partial charge is 0.409 e. The van der Waals surface area contributed by atoms with Crippen molar-refractivity contribution in [2.75, 3.05) is 32.8 Å². The van der Waals surface area contributed by atoms with Crippen LogP contribution in [-0.4, -0.2) is 65.8 Å². The monoisotopic (exact) mass is 399 g/mol. The van der Waals surface area contributed by atoms with E-state index >= 15 is 0 Å². The zero-order chi connectivity index (χ0) is 20.4. The summed E-state index contributed by atoms with van der Waals surface area (Å²) in [6, 6.07) is 7.76. The van der Waals surface area contributed by atoms with Gasteiger partial charge in [-0.3, -0.25) is 4.79 Å². The lowest BCUT2D eigenvalue weighted by Crippen LogP contribution is -2.51. The molecule has 154 valence electrons. The van der Waals surface area contributed by atoms with Gasteiger partial charge >= 0.3 is 6.09 Å². The van der Waals surface area contributed by atoms with Gasteiger partial charge in [0.25, 0.3) is 0 Å². The highest BCUT2D eigenvalue weighted by atomic mass is 16.6. The molecule has 29 heavy (non-hydrogen) atoms. The number of nitrogens with zero attached hydrogens (tertiary/aromatic N) is 3. The summed E-state index contributed by atoms with van der Waals surface area (Å²) in [6.45, 7) is 6.11. The van der Waals surface area contributed by atoms with Gasteiger partial charge in [0.05, 0.1) is 18.7 Å². The number of hydrogen-bond acceptors (Lipinski definition) is 6. The van der Waals surface area contributed by atoms with E-state index in [0.717, 1.165) is 23.3 Å². The van der Waals surface area contributed by atoms with Gasteiger partial charge < -0.3 is 23.8 Å². The van der Waals surface area contributed by atoms with Crippen LogP contribution in [0.1, 0.15) is 25.1 Å². The lowest BCUT2D eigenvalue weighted by Gasteiger charge is -2.33. The van der Waals surface area contributed by atoms with Gasteiger partial charge in [-0.25, -0.2) is 4.79 Å². The van der Waals surface area contributed by atoms with E-state index in [0.29, 0.717) is 44.2 Å². The Balaban J connectivity index is 1.34. The molecule has 0 saturated carbocycles. The SMILES string of the molecule is CCOC(=O)N1CCN(C(=O)Cc2cc(-c3ccc4c(c3)C[C@@H](C)O4)on2)CC1. The molecule has 0 unspecified atom stereocenters. The van der Waals surface area contributed by atoms with E-state index in [1.165, 1.54) is 0 Å². The van der Waals surface area contributed by atoms with Crippen LogP contribution in [0.25, 0.3) is 11.3 Å². The van der Waals surface area contributed by atoms with Crippen molar-refractivity contribution in [3.63, 3.8) is 0 Å². The number of benzene rings is 1. The van der Waals surface area contributed by atoms with E-state index in [2.05, 4.69) is 11.2 Å². The lowest BCUT2D eigenvalue weighted by molar-refractivity contribution is -0.132. The molecule has 0 spiro atoms. The molecule has 0 N–H and O–H groups in total. The van der Waals surface area contributed by atoms with Gasteiger partial charge in [0.15, 0.2) is 5.76 Å². The molecule has 1 aromatic carbocycles. The maximum Gasteiger partial charge on any atom is 0.409 e. The van der Waals surface area contributed by atoms with Crippen molar-refractivity contribution in [2.24, 2.45) is 0 Å². The summed E-state index contributed by atoms with van der Waals surface area (Å²) >= 11 is 0. The first-order valence-corrected chi connectivity index (χ1v) is 9.98. The molecule has 0 bridgehead atoms. The molecule has 3 heterocycles. The van der Waals surface area contributed by atoms with Crippen LogP contribution >= 0.6 is 0 Å². The molecular weight excluding hydrogens is 374 g/mol. The van der Waals surface area contributed by atoms with E-state index in [4.69, 9.17) is 14.0 Å². The fraction of sp³-hybridized carbons (Fsp3) is 0.476. The Labute approximate surface area is 169 Å². The second-order valence-electron chi connectivity index (χ2n) is 7.38. The normalized spacial score (nSPS) is 18.3. The molecule has 1 atom stereocenters. The number of carbonyl (C=O) groups excluding carboxylic acids is 2. The number of piperazine rings is 1. The van der Waals surface area contributed by atoms with Gasteiger partial charge in [-0.2, -0.15) is 0 Å². The summed E-state index contributed by atoms with van der Waals surface area (Å²) in [7, 11) is 0. The largest absolute Gasteiger partial charge is 0.490 e. The zero-order valence-electron chi connectivity index (χ0n) is 16.7. The van der Waals surface area contributed by atoms with Crippen molar-refractivity contribution in [3.05, 3.63) is 35.5 Å². The van der Waals surface area contributed by atoms with Gasteiger partial charge in [0.2, 0.25) is 5.91 Å². The van der Waals surface area contributed by atoms with Crippen molar-refractivity contribution in [1.82, 2.24) is 15.0 Å². The fourth-order valence-electron chi connectivity index (χ4n) is 3.73. The number of aromatic nitrogens is 1. The molecule has 0 aliphatic carbocycles. The predicted octanol–water partition coefficient (Wildman–Crippen LogP) is 2.51. The van der Waals surface area contributed by atoms with Crippen molar-refractivity contribution in [2.45, 2.75) is 32.8 Å². The molecule has 4 rings (SSSR count). The van der Waals surface area contributed by atoms with Crippen molar-refractivity contribution in [3.8, 4) is 17.1 Å². The van der Waals surface area contributed by atoms with Crippen LogP contribution in [-0.2, 0) is 22.4 Å². The highest BCUT2D eigenvalue weighted by molar-refractivity contribution is 5.79. The molecule has 2 amide bonds. The molecule has 1 fully saturated rings. The van der Waals surface area contributed by atoms with Crippen LogP contribution in [0.2, 0.25) is 0 Å². The molecule has 8 heteroatoms. The van der Waals surface area contributed by atoms with Gasteiger partial charge in [-0.1, -0.05) is 5.16 Å². The number of amides is 2. The van der Waals surface area contributed by atoms with E-state index < -0.39 is 0 Å². The first kappa shape index (κ1) is 19.3. The molecule has 2 aromatic rings. The Hall–Kier alpha value is -3.03. The molecule has 1 saturated heterocycles. The van der Waals surface area contributed by atoms with Crippen LogP contribution < -0.4 is 4.74 Å². The molecular formula is C21H25N3O5. The van der Waals surface area contributed by atoms with Crippen molar-refractivity contribution < 1.29 is 23.6 Å². The summed E-state index contributed by atoms with van der Waals surface area (Å²) in [5, 5.41) is 4.07. The second kappa shape index (κ2) is 8.14. The van der Waals surface area contributed by atoms with Gasteiger partial charge in [0, 0.05) is 44.2 Å². The number of rotatable bonds is 4. The van der Waals surface area contributed by atoms with Gasteiger partial charge in [0.1, 0.15) is 11.9 Å². The fourth-order valence-corrected chi connectivity index (χ4v) is 3.73. The maximum atomic E-state index is 12.6. The van der Waals surface area contributed by atoms with Crippen LogP contribution in [0.4, 0.5) is 4.79 Å². The van der Waals surface area contributed by atoms with E-state index in [-0.39, 0.29) is 24.5 Å². The first-order chi connectivity index (χ1) is 14.0. The molecule has 8 nitrogen and oxygen atoms in total. The first-order valence-electron chi connectivity index (χ1n) is 9.98. The minimum Gasteiger partial charge on any atom is -0.490 e. The summed E-state index contributed by atoms with van der Waals surface area (Å²) in [6.07, 6.45) is 0.913. The Morgan fingerprint density at radius 2 is 1.93 bits per heavy atom. The number of carbonyl (C=O) groups is 2. The van der Waals surface area contributed by atoms with E-state index in [1.807, 2.05) is 25.1 Å². The molecule has 1 aromatic heterocycles. The quantitative estimate of drug-likeness (QED) is 0.785. The maximum absolute atomic E-state index is 12.6. The summed E-state index contributed by atoms with van der Waals surface area (Å²) in [5.41, 5.74) is 2.68. The van der Waals surface area contributed by atoms with Crippen LogP contribution in [0.15, 0.2) is 28.8 Å². The Morgan fingerprint density at radius 1 is 1.17 bits per heavy atom. The number of hydrogen-bond donors (Lipinski definition) is 0.